The van der Waals surface area contributed by atoms with Gasteiger partial charge in [0.25, 0.3) is 11.8 Å². The summed E-state index contributed by atoms with van der Waals surface area (Å²) in [5.41, 5.74) is 2.64. The quantitative estimate of drug-likeness (QED) is 0.590. The molecule has 0 aliphatic carbocycles. The Bertz CT molecular complexity index is 1200. The number of aromatic nitrogens is 2. The minimum Gasteiger partial charge on any atom is -0.491 e. The van der Waals surface area contributed by atoms with Crippen molar-refractivity contribution < 1.29 is 19.4 Å². The standard InChI is InChI=1S/C27H32N4O4/c32-18-27-9-3-4-12-30(25(33)20-7-8-22-23(17-20)29-19-28-22)15-16-35-24-6-2-1-5-21(24)26(34)31(13-10-27)14-11-27/h1-2,5-8,17,19,32H,3-4,9-16,18H2,(H,28,29). The number of carbonyl (C=O) groups is 2. The number of nitrogens with one attached hydrogen (secondary N) is 1. The molecule has 2 amide bonds. The van der Waals surface area contributed by atoms with E-state index in [2.05, 4.69) is 9.97 Å². The Hall–Kier alpha value is -3.39. The number of hydrogen-bond donors (Lipinski definition) is 2. The van der Waals surface area contributed by atoms with E-state index >= 15 is 0 Å². The van der Waals surface area contributed by atoms with Crippen LogP contribution in [0.3, 0.4) is 0 Å². The van der Waals surface area contributed by atoms with Crippen LogP contribution in [-0.4, -0.2) is 76.1 Å². The molecule has 6 rings (SSSR count). The number of amides is 2. The first-order chi connectivity index (χ1) is 17.1. The zero-order valence-corrected chi connectivity index (χ0v) is 19.9. The molecule has 0 unspecified atom stereocenters. The van der Waals surface area contributed by atoms with Gasteiger partial charge in [0.05, 0.1) is 29.5 Å². The predicted octanol–water partition coefficient (Wildman–Crippen LogP) is 3.48. The fraction of sp³-hybridized carbons (Fsp3) is 0.444. The Kier molecular flexibility index (Phi) is 6.72. The lowest BCUT2D eigenvalue weighted by molar-refractivity contribution is 0.0297. The van der Waals surface area contributed by atoms with E-state index in [0.717, 1.165) is 43.1 Å². The zero-order valence-electron chi connectivity index (χ0n) is 19.9. The molecule has 184 valence electrons. The molecule has 1 aromatic heterocycles. The van der Waals surface area contributed by atoms with E-state index in [1.165, 1.54) is 0 Å². The van der Waals surface area contributed by atoms with Gasteiger partial charge in [0.1, 0.15) is 12.4 Å². The summed E-state index contributed by atoms with van der Waals surface area (Å²) in [6, 6.07) is 12.8. The lowest BCUT2D eigenvalue weighted by Crippen LogP contribution is -2.44. The molecule has 0 saturated carbocycles. The number of aromatic amines is 1. The maximum Gasteiger partial charge on any atom is 0.257 e. The third kappa shape index (κ3) is 4.89. The fourth-order valence-electron chi connectivity index (χ4n) is 5.25. The number of hydrogen-bond acceptors (Lipinski definition) is 5. The highest BCUT2D eigenvalue weighted by molar-refractivity contribution is 5.98. The average Bonchev–Trinajstić information content (AvgIpc) is 3.37. The third-order valence-corrected chi connectivity index (χ3v) is 7.52. The molecular weight excluding hydrogens is 444 g/mol. The number of piperidine rings is 1. The van der Waals surface area contributed by atoms with Crippen molar-refractivity contribution in [3.05, 3.63) is 59.9 Å². The van der Waals surface area contributed by atoms with Gasteiger partial charge in [0, 0.05) is 31.8 Å². The number of H-pyrrole nitrogens is 1. The highest BCUT2D eigenvalue weighted by Crippen LogP contribution is 2.37. The van der Waals surface area contributed by atoms with E-state index in [9.17, 15) is 14.7 Å². The molecule has 35 heavy (non-hydrogen) atoms. The first-order valence-electron chi connectivity index (χ1n) is 12.4. The number of fused-ring (bicyclic) bond motifs is 10. The molecular formula is C27H32N4O4. The van der Waals surface area contributed by atoms with E-state index < -0.39 is 0 Å². The Morgan fingerprint density at radius 3 is 2.71 bits per heavy atom. The number of aliphatic hydroxyl groups is 1. The molecule has 3 aliphatic heterocycles. The second kappa shape index (κ2) is 10.1. The normalized spacial score (nSPS) is 19.1. The summed E-state index contributed by atoms with van der Waals surface area (Å²) in [6.07, 6.45) is 5.84. The van der Waals surface area contributed by atoms with E-state index in [-0.39, 0.29) is 23.8 Å². The topological polar surface area (TPSA) is 98.8 Å². The Morgan fingerprint density at radius 1 is 1.06 bits per heavy atom. The maximum absolute atomic E-state index is 13.4. The van der Waals surface area contributed by atoms with Crippen molar-refractivity contribution in [1.82, 2.24) is 19.8 Å². The number of nitrogens with zero attached hydrogens (tertiary/aromatic N) is 3. The molecule has 3 aromatic rings. The summed E-state index contributed by atoms with van der Waals surface area (Å²) < 4.78 is 6.06. The number of aliphatic hydroxyl groups excluding tert-OH is 1. The molecule has 4 heterocycles. The number of rotatable bonds is 2. The van der Waals surface area contributed by atoms with Crippen molar-refractivity contribution in [1.29, 1.82) is 0 Å². The van der Waals surface area contributed by atoms with Crippen molar-refractivity contribution in [2.75, 3.05) is 39.4 Å². The summed E-state index contributed by atoms with van der Waals surface area (Å²) in [4.78, 5) is 37.7. The van der Waals surface area contributed by atoms with Gasteiger partial charge in [-0.15, -0.1) is 0 Å². The molecule has 8 nitrogen and oxygen atoms in total. The SMILES string of the molecule is O=C(c1ccc2nc[nH]c2c1)N1CCCCC2(CO)CCN(CC2)C(=O)c2ccccc2OCC1. The number of carbonyl (C=O) groups excluding carboxylic acids is 2. The zero-order chi connectivity index (χ0) is 24.3. The van der Waals surface area contributed by atoms with E-state index in [0.29, 0.717) is 49.7 Å². The van der Waals surface area contributed by atoms with Gasteiger partial charge < -0.3 is 24.6 Å². The van der Waals surface area contributed by atoms with Crippen molar-refractivity contribution >= 4 is 22.8 Å². The van der Waals surface area contributed by atoms with Crippen molar-refractivity contribution in [2.45, 2.75) is 32.1 Å². The summed E-state index contributed by atoms with van der Waals surface area (Å²) in [7, 11) is 0. The van der Waals surface area contributed by atoms with Gasteiger partial charge in [-0.05, 0) is 61.4 Å². The lowest BCUT2D eigenvalue weighted by atomic mass is 9.75. The van der Waals surface area contributed by atoms with E-state index in [4.69, 9.17) is 4.74 Å². The number of benzene rings is 2. The third-order valence-electron chi connectivity index (χ3n) is 7.52. The van der Waals surface area contributed by atoms with Gasteiger partial charge in [-0.2, -0.15) is 0 Å². The van der Waals surface area contributed by atoms with E-state index in [1.54, 1.807) is 12.4 Å². The molecule has 0 atom stereocenters. The largest absolute Gasteiger partial charge is 0.491 e. The minimum absolute atomic E-state index is 0.0391. The first kappa shape index (κ1) is 23.4. The van der Waals surface area contributed by atoms with Gasteiger partial charge in [-0.1, -0.05) is 18.6 Å². The van der Waals surface area contributed by atoms with Gasteiger partial charge in [-0.25, -0.2) is 4.98 Å². The monoisotopic (exact) mass is 476 g/mol. The second-order valence-corrected chi connectivity index (χ2v) is 9.68. The van der Waals surface area contributed by atoms with Crippen LogP contribution in [0.4, 0.5) is 0 Å². The highest BCUT2D eigenvalue weighted by atomic mass is 16.5. The van der Waals surface area contributed by atoms with Crippen LogP contribution in [0.25, 0.3) is 11.0 Å². The van der Waals surface area contributed by atoms with Crippen LogP contribution in [0.1, 0.15) is 52.8 Å². The van der Waals surface area contributed by atoms with Gasteiger partial charge in [0.15, 0.2) is 0 Å². The number of ether oxygens (including phenoxy) is 1. The minimum atomic E-state index is -0.159. The van der Waals surface area contributed by atoms with Crippen LogP contribution in [0, 0.1) is 5.41 Å². The molecule has 1 fully saturated rings. The second-order valence-electron chi connectivity index (χ2n) is 9.68. The van der Waals surface area contributed by atoms with Crippen molar-refractivity contribution in [2.24, 2.45) is 5.41 Å². The lowest BCUT2D eigenvalue weighted by Gasteiger charge is -2.41. The van der Waals surface area contributed by atoms with Crippen molar-refractivity contribution in [3.8, 4) is 5.75 Å². The predicted molar refractivity (Wildman–Crippen MR) is 132 cm³/mol. The Morgan fingerprint density at radius 2 is 1.89 bits per heavy atom. The Labute approximate surface area is 204 Å². The molecule has 0 radical (unpaired) electrons. The summed E-state index contributed by atoms with van der Waals surface area (Å²) >= 11 is 0. The average molecular weight is 477 g/mol. The smallest absolute Gasteiger partial charge is 0.257 e. The first-order valence-corrected chi connectivity index (χ1v) is 12.4. The summed E-state index contributed by atoms with van der Waals surface area (Å²) in [6.45, 7) is 2.71. The highest BCUT2D eigenvalue weighted by Gasteiger charge is 2.36. The molecule has 8 heteroatoms. The number of imidazole rings is 1. The van der Waals surface area contributed by atoms with Crippen LogP contribution in [0.15, 0.2) is 48.8 Å². The van der Waals surface area contributed by atoms with Crippen LogP contribution in [0.2, 0.25) is 0 Å². The molecule has 0 spiro atoms. The fourth-order valence-corrected chi connectivity index (χ4v) is 5.25. The Balaban J connectivity index is 1.39. The summed E-state index contributed by atoms with van der Waals surface area (Å²) in [5, 5.41) is 10.2. The number of para-hydroxylation sites is 1. The molecule has 3 aliphatic rings. The molecule has 2 N–H and O–H groups in total. The molecule has 1 saturated heterocycles. The van der Waals surface area contributed by atoms with Gasteiger partial charge in [0.2, 0.25) is 0 Å². The summed E-state index contributed by atoms with van der Waals surface area (Å²) in [5.74, 6) is 0.447. The van der Waals surface area contributed by atoms with Crippen LogP contribution in [-0.2, 0) is 0 Å². The maximum atomic E-state index is 13.4. The molecule has 2 aromatic carbocycles. The molecule has 2 bridgehead atoms. The van der Waals surface area contributed by atoms with Gasteiger partial charge >= 0.3 is 0 Å². The van der Waals surface area contributed by atoms with Crippen LogP contribution < -0.4 is 4.74 Å². The van der Waals surface area contributed by atoms with E-state index in [1.807, 2.05) is 46.2 Å². The van der Waals surface area contributed by atoms with Crippen LogP contribution in [0.5, 0.6) is 5.75 Å². The van der Waals surface area contributed by atoms with Crippen LogP contribution >= 0.6 is 0 Å². The van der Waals surface area contributed by atoms with Gasteiger partial charge in [-0.3, -0.25) is 9.59 Å². The van der Waals surface area contributed by atoms with Crippen molar-refractivity contribution in [3.63, 3.8) is 0 Å².